The molecule has 4 aromatic rings. The quantitative estimate of drug-likeness (QED) is 0.344. The monoisotopic (exact) mass is 419 g/mol. The first-order valence-corrected chi connectivity index (χ1v) is 9.17. The molecule has 0 bridgehead atoms. The summed E-state index contributed by atoms with van der Waals surface area (Å²) in [6.07, 6.45) is 4.39. The first-order valence-electron chi connectivity index (χ1n) is 9.17. The Labute approximate surface area is 177 Å². The third-order valence-electron chi connectivity index (χ3n) is 4.32. The highest BCUT2D eigenvalue weighted by Gasteiger charge is 2.10. The van der Waals surface area contributed by atoms with Crippen molar-refractivity contribution in [2.75, 3.05) is 25.0 Å². The largest absolute Gasteiger partial charge is 0.493 e. The number of hydrazone groups is 1. The third-order valence-corrected chi connectivity index (χ3v) is 4.32. The predicted octanol–water partition coefficient (Wildman–Crippen LogP) is 3.77. The Morgan fingerprint density at radius 1 is 0.839 bits per heavy atom. The van der Waals surface area contributed by atoms with Gasteiger partial charge >= 0.3 is 0 Å². The van der Waals surface area contributed by atoms with Gasteiger partial charge < -0.3 is 14.8 Å². The number of ether oxygens (including phenoxy) is 2. The SMILES string of the molecule is COc1ccc(C=NNc2ncnc3c(Nc4ccc(F)cc4)ncnc23)cc1OC. The maximum atomic E-state index is 13.1. The number of benzene rings is 2. The molecule has 0 saturated heterocycles. The topological polar surface area (TPSA) is 106 Å². The van der Waals surface area contributed by atoms with E-state index in [1.54, 1.807) is 44.7 Å². The molecule has 0 unspecified atom stereocenters. The molecule has 9 nitrogen and oxygen atoms in total. The van der Waals surface area contributed by atoms with Gasteiger partial charge in [0.1, 0.15) is 29.5 Å². The lowest BCUT2D eigenvalue weighted by Gasteiger charge is -2.09. The third kappa shape index (κ3) is 4.47. The molecule has 10 heteroatoms. The van der Waals surface area contributed by atoms with E-state index in [1.165, 1.54) is 24.8 Å². The molecule has 156 valence electrons. The summed E-state index contributed by atoms with van der Waals surface area (Å²) in [5, 5.41) is 7.34. The Hall–Kier alpha value is -4.34. The Balaban J connectivity index is 1.57. The van der Waals surface area contributed by atoms with Crippen LogP contribution in [0.4, 0.5) is 21.7 Å². The van der Waals surface area contributed by atoms with Crippen molar-refractivity contribution >= 4 is 34.6 Å². The fraction of sp³-hybridized carbons (Fsp3) is 0.0952. The number of aromatic nitrogens is 4. The summed E-state index contributed by atoms with van der Waals surface area (Å²) in [5.74, 6) is 1.78. The van der Waals surface area contributed by atoms with Gasteiger partial charge in [0, 0.05) is 5.69 Å². The van der Waals surface area contributed by atoms with Gasteiger partial charge in [-0.05, 0) is 48.0 Å². The van der Waals surface area contributed by atoms with Crippen molar-refractivity contribution < 1.29 is 13.9 Å². The van der Waals surface area contributed by atoms with Crippen LogP contribution < -0.4 is 20.2 Å². The molecular weight excluding hydrogens is 401 g/mol. The smallest absolute Gasteiger partial charge is 0.176 e. The van der Waals surface area contributed by atoms with Gasteiger partial charge in [-0.2, -0.15) is 5.10 Å². The van der Waals surface area contributed by atoms with E-state index in [9.17, 15) is 4.39 Å². The second-order valence-corrected chi connectivity index (χ2v) is 6.26. The van der Waals surface area contributed by atoms with Crippen molar-refractivity contribution in [3.63, 3.8) is 0 Å². The van der Waals surface area contributed by atoms with Crippen molar-refractivity contribution in [2.45, 2.75) is 0 Å². The van der Waals surface area contributed by atoms with Crippen LogP contribution in [0.3, 0.4) is 0 Å². The average molecular weight is 419 g/mol. The van der Waals surface area contributed by atoms with E-state index >= 15 is 0 Å². The average Bonchev–Trinajstić information content (AvgIpc) is 2.81. The lowest BCUT2D eigenvalue weighted by Crippen LogP contribution is -2.02. The van der Waals surface area contributed by atoms with Gasteiger partial charge in [0.2, 0.25) is 0 Å². The highest BCUT2D eigenvalue weighted by atomic mass is 19.1. The minimum absolute atomic E-state index is 0.320. The van der Waals surface area contributed by atoms with Gasteiger partial charge in [-0.15, -0.1) is 0 Å². The molecule has 2 aromatic heterocycles. The van der Waals surface area contributed by atoms with Crippen molar-refractivity contribution in [3.8, 4) is 11.5 Å². The number of hydrogen-bond donors (Lipinski definition) is 2. The lowest BCUT2D eigenvalue weighted by molar-refractivity contribution is 0.355. The zero-order valence-electron chi connectivity index (χ0n) is 16.7. The van der Waals surface area contributed by atoms with Gasteiger partial charge in [0.05, 0.1) is 20.4 Å². The van der Waals surface area contributed by atoms with Crippen molar-refractivity contribution in [1.82, 2.24) is 19.9 Å². The van der Waals surface area contributed by atoms with Crippen LogP contribution in [0.15, 0.2) is 60.2 Å². The maximum absolute atomic E-state index is 13.1. The molecule has 0 atom stereocenters. The molecule has 4 rings (SSSR count). The van der Waals surface area contributed by atoms with Gasteiger partial charge in [-0.25, -0.2) is 24.3 Å². The molecule has 0 aliphatic rings. The van der Waals surface area contributed by atoms with Crippen LogP contribution in [0.25, 0.3) is 11.0 Å². The second kappa shape index (κ2) is 8.99. The van der Waals surface area contributed by atoms with Crippen LogP contribution in [0, 0.1) is 5.82 Å². The van der Waals surface area contributed by atoms with Crippen LogP contribution in [-0.2, 0) is 0 Å². The number of nitrogens with one attached hydrogen (secondary N) is 2. The summed E-state index contributed by atoms with van der Waals surface area (Å²) < 4.78 is 23.7. The van der Waals surface area contributed by atoms with Crippen molar-refractivity contribution in [3.05, 3.63) is 66.5 Å². The molecule has 0 aliphatic carbocycles. The highest BCUT2D eigenvalue weighted by molar-refractivity contribution is 5.93. The molecule has 0 aliphatic heterocycles. The van der Waals surface area contributed by atoms with Crippen LogP contribution in [0.2, 0.25) is 0 Å². The summed E-state index contributed by atoms with van der Waals surface area (Å²) in [7, 11) is 3.15. The standard InChI is InChI=1S/C21H18FN7O2/c1-30-16-8-3-13(9-17(16)31-2)10-27-29-21-19-18(23-12-26-21)20(25-11-24-19)28-15-6-4-14(22)5-7-15/h3-12H,1-2H3,(H,23,26,29)(H,24,25,28). The number of halogens is 1. The molecule has 2 aromatic carbocycles. The van der Waals surface area contributed by atoms with Crippen LogP contribution >= 0.6 is 0 Å². The van der Waals surface area contributed by atoms with E-state index in [2.05, 4.69) is 35.8 Å². The molecule has 2 heterocycles. The fourth-order valence-corrected chi connectivity index (χ4v) is 2.82. The van der Waals surface area contributed by atoms with Crippen LogP contribution in [0.1, 0.15) is 5.56 Å². The molecular formula is C21H18FN7O2. The fourth-order valence-electron chi connectivity index (χ4n) is 2.82. The number of nitrogens with zero attached hydrogens (tertiary/aromatic N) is 5. The number of rotatable bonds is 7. The number of methoxy groups -OCH3 is 2. The molecule has 31 heavy (non-hydrogen) atoms. The first-order chi connectivity index (χ1) is 15.2. The summed E-state index contributed by atoms with van der Waals surface area (Å²) in [4.78, 5) is 17.0. The molecule has 0 spiro atoms. The van der Waals surface area contributed by atoms with Gasteiger partial charge in [0.25, 0.3) is 0 Å². The Kier molecular flexibility index (Phi) is 5.79. The zero-order chi connectivity index (χ0) is 21.6. The molecule has 0 fully saturated rings. The summed E-state index contributed by atoms with van der Waals surface area (Å²) in [5.41, 5.74) is 5.32. The van der Waals surface area contributed by atoms with E-state index in [1.807, 2.05) is 6.07 Å². The van der Waals surface area contributed by atoms with E-state index in [0.29, 0.717) is 39.9 Å². The Morgan fingerprint density at radius 3 is 2.23 bits per heavy atom. The summed E-state index contributed by atoms with van der Waals surface area (Å²) >= 11 is 0. The Morgan fingerprint density at radius 2 is 1.52 bits per heavy atom. The minimum Gasteiger partial charge on any atom is -0.493 e. The highest BCUT2D eigenvalue weighted by Crippen LogP contribution is 2.27. The normalized spacial score (nSPS) is 10.9. The van der Waals surface area contributed by atoms with Gasteiger partial charge in [-0.3, -0.25) is 5.43 Å². The Bertz CT molecular complexity index is 1230. The molecule has 0 amide bonds. The minimum atomic E-state index is -0.320. The summed E-state index contributed by atoms with van der Waals surface area (Å²) in [6.45, 7) is 0. The van der Waals surface area contributed by atoms with Gasteiger partial charge in [0.15, 0.2) is 23.1 Å². The lowest BCUT2D eigenvalue weighted by atomic mass is 10.2. The second-order valence-electron chi connectivity index (χ2n) is 6.26. The van der Waals surface area contributed by atoms with Crippen LogP contribution in [0.5, 0.6) is 11.5 Å². The molecule has 2 N–H and O–H groups in total. The van der Waals surface area contributed by atoms with E-state index < -0.39 is 0 Å². The number of anilines is 3. The zero-order valence-corrected chi connectivity index (χ0v) is 16.7. The molecule has 0 radical (unpaired) electrons. The van der Waals surface area contributed by atoms with Crippen molar-refractivity contribution in [2.24, 2.45) is 5.10 Å². The maximum Gasteiger partial charge on any atom is 0.176 e. The first kappa shape index (κ1) is 20.0. The predicted molar refractivity (Wildman–Crippen MR) is 116 cm³/mol. The van der Waals surface area contributed by atoms with Crippen molar-refractivity contribution in [1.29, 1.82) is 0 Å². The van der Waals surface area contributed by atoms with Crippen LogP contribution in [-0.4, -0.2) is 40.4 Å². The summed E-state index contributed by atoms with van der Waals surface area (Å²) in [6, 6.07) is 11.4. The molecule has 0 saturated carbocycles. The van der Waals surface area contributed by atoms with E-state index in [4.69, 9.17) is 9.47 Å². The number of fused-ring (bicyclic) bond motifs is 1. The number of hydrogen-bond acceptors (Lipinski definition) is 9. The van der Waals surface area contributed by atoms with E-state index in [0.717, 1.165) is 5.56 Å². The van der Waals surface area contributed by atoms with Gasteiger partial charge in [-0.1, -0.05) is 0 Å². The van der Waals surface area contributed by atoms with E-state index in [-0.39, 0.29) is 5.82 Å².